The van der Waals surface area contributed by atoms with Gasteiger partial charge in [-0.2, -0.15) is 0 Å². The first-order valence-electron chi connectivity index (χ1n) is 7.57. The van der Waals surface area contributed by atoms with E-state index in [-0.39, 0.29) is 6.42 Å². The maximum atomic E-state index is 11.1. The molecular formula is C17H27NO3. The quantitative estimate of drug-likeness (QED) is 0.645. The van der Waals surface area contributed by atoms with Crippen LogP contribution in [-0.4, -0.2) is 28.8 Å². The van der Waals surface area contributed by atoms with Crippen LogP contribution < -0.4 is 5.32 Å². The number of unbranched alkanes of at least 4 members (excludes halogenated alkanes) is 1. The van der Waals surface area contributed by atoms with Crippen LogP contribution in [0.25, 0.3) is 0 Å². The number of rotatable bonds is 8. The van der Waals surface area contributed by atoms with Crippen LogP contribution in [0.4, 0.5) is 0 Å². The third kappa shape index (κ3) is 5.14. The molecule has 0 saturated heterocycles. The molecule has 0 aliphatic rings. The predicted octanol–water partition coefficient (Wildman–Crippen LogP) is 2.88. The van der Waals surface area contributed by atoms with Crippen LogP contribution in [0, 0.1) is 20.8 Å². The summed E-state index contributed by atoms with van der Waals surface area (Å²) in [5.41, 5.74) is 4.01. The zero-order valence-electron chi connectivity index (χ0n) is 13.4. The summed E-state index contributed by atoms with van der Waals surface area (Å²) in [6.07, 6.45) is 1.11. The average molecular weight is 293 g/mol. The van der Waals surface area contributed by atoms with Crippen molar-refractivity contribution in [2.24, 2.45) is 0 Å². The second-order valence-corrected chi connectivity index (χ2v) is 5.77. The zero-order chi connectivity index (χ0) is 16.0. The molecular weight excluding hydrogens is 266 g/mol. The molecule has 118 valence electrons. The summed E-state index contributed by atoms with van der Waals surface area (Å²) in [5, 5.41) is 22.9. The number of nitrogens with one attached hydrogen (secondary N) is 1. The fourth-order valence-electron chi connectivity index (χ4n) is 2.81. The maximum absolute atomic E-state index is 11.1. The third-order valence-corrected chi connectivity index (χ3v) is 3.75. The largest absolute Gasteiger partial charge is 0.481 e. The molecule has 0 bridgehead atoms. The number of aryl methyl sites for hydroxylation is 3. The van der Waals surface area contributed by atoms with E-state index in [1.165, 1.54) is 0 Å². The topological polar surface area (TPSA) is 69.6 Å². The van der Waals surface area contributed by atoms with Crippen molar-refractivity contribution in [3.8, 4) is 0 Å². The fraction of sp³-hybridized carbons (Fsp3) is 0.588. The lowest BCUT2D eigenvalue weighted by molar-refractivity contribution is -0.138. The van der Waals surface area contributed by atoms with E-state index >= 15 is 0 Å². The smallest absolute Gasteiger partial charge is 0.305 e. The highest BCUT2D eigenvalue weighted by atomic mass is 16.4. The van der Waals surface area contributed by atoms with Crippen LogP contribution in [0.1, 0.15) is 54.5 Å². The van der Waals surface area contributed by atoms with Gasteiger partial charge in [-0.15, -0.1) is 0 Å². The van der Waals surface area contributed by atoms with Gasteiger partial charge in [0, 0.05) is 6.04 Å². The van der Waals surface area contributed by atoms with Gasteiger partial charge in [-0.25, -0.2) is 0 Å². The molecule has 0 saturated carbocycles. The molecule has 0 aliphatic carbocycles. The average Bonchev–Trinajstić information content (AvgIpc) is 2.35. The summed E-state index contributed by atoms with van der Waals surface area (Å²) in [5.74, 6) is -0.898. The molecule has 0 heterocycles. The number of aliphatic carboxylic acids is 1. The maximum Gasteiger partial charge on any atom is 0.305 e. The van der Waals surface area contributed by atoms with Crippen molar-refractivity contribution in [3.05, 3.63) is 34.4 Å². The first-order chi connectivity index (χ1) is 9.86. The molecule has 0 radical (unpaired) electrons. The van der Waals surface area contributed by atoms with Gasteiger partial charge in [0.05, 0.1) is 12.5 Å². The molecule has 1 aromatic carbocycles. The summed E-state index contributed by atoms with van der Waals surface area (Å²) in [6.45, 7) is 8.74. The molecule has 4 heteroatoms. The Bertz CT molecular complexity index is 462. The van der Waals surface area contributed by atoms with Gasteiger partial charge >= 0.3 is 5.97 Å². The van der Waals surface area contributed by atoms with Crippen LogP contribution in [0.15, 0.2) is 12.1 Å². The van der Waals surface area contributed by atoms with E-state index in [1.807, 2.05) is 32.9 Å². The van der Waals surface area contributed by atoms with Crippen LogP contribution in [-0.2, 0) is 4.79 Å². The molecule has 0 aromatic heterocycles. The number of carbonyl (C=O) groups is 1. The summed E-state index contributed by atoms with van der Waals surface area (Å²) in [7, 11) is 0. The Labute approximate surface area is 127 Å². The first-order valence-corrected chi connectivity index (χ1v) is 7.57. The summed E-state index contributed by atoms with van der Waals surface area (Å²) in [4.78, 5) is 11.1. The van der Waals surface area contributed by atoms with Crippen LogP contribution in [0.5, 0.6) is 0 Å². The van der Waals surface area contributed by atoms with Crippen molar-refractivity contribution < 1.29 is 15.0 Å². The number of benzene rings is 1. The van der Waals surface area contributed by atoms with Gasteiger partial charge in [-0.1, -0.05) is 31.0 Å². The second kappa shape index (κ2) is 8.15. The van der Waals surface area contributed by atoms with Gasteiger partial charge in [0.2, 0.25) is 0 Å². The number of aliphatic hydroxyl groups excluding tert-OH is 1. The number of aliphatic hydroxyl groups is 1. The SMILES string of the molecule is CCCCNC(CC(=O)O)C(O)c1c(C)cc(C)cc1C. The van der Waals surface area contributed by atoms with Gasteiger partial charge in [0.25, 0.3) is 0 Å². The number of carboxylic acids is 1. The number of carboxylic acid groups (broad SMARTS) is 1. The Kier molecular flexibility index (Phi) is 6.85. The lowest BCUT2D eigenvalue weighted by atomic mass is 9.90. The summed E-state index contributed by atoms with van der Waals surface area (Å²) >= 11 is 0. The lowest BCUT2D eigenvalue weighted by Gasteiger charge is -2.26. The summed E-state index contributed by atoms with van der Waals surface area (Å²) in [6, 6.07) is 3.58. The molecule has 0 spiro atoms. The van der Waals surface area contributed by atoms with Crippen molar-refractivity contribution in [2.45, 2.75) is 59.1 Å². The van der Waals surface area contributed by atoms with E-state index in [4.69, 9.17) is 5.11 Å². The first kappa shape index (κ1) is 17.7. The molecule has 2 atom stereocenters. The zero-order valence-corrected chi connectivity index (χ0v) is 13.4. The predicted molar refractivity (Wildman–Crippen MR) is 84.6 cm³/mol. The summed E-state index contributed by atoms with van der Waals surface area (Å²) < 4.78 is 0. The third-order valence-electron chi connectivity index (χ3n) is 3.75. The van der Waals surface area contributed by atoms with E-state index in [1.54, 1.807) is 0 Å². The Hall–Kier alpha value is -1.39. The molecule has 0 amide bonds. The Morgan fingerprint density at radius 2 is 1.81 bits per heavy atom. The molecule has 2 unspecified atom stereocenters. The molecule has 0 fully saturated rings. The Balaban J connectivity index is 2.98. The highest BCUT2D eigenvalue weighted by Crippen LogP contribution is 2.27. The van der Waals surface area contributed by atoms with Crippen molar-refractivity contribution >= 4 is 5.97 Å². The van der Waals surface area contributed by atoms with Gasteiger partial charge in [0.15, 0.2) is 0 Å². The van der Waals surface area contributed by atoms with Crippen LogP contribution in [0.3, 0.4) is 0 Å². The molecule has 1 aromatic rings. The van der Waals surface area contributed by atoms with Crippen molar-refractivity contribution in [3.63, 3.8) is 0 Å². The highest BCUT2D eigenvalue weighted by Gasteiger charge is 2.25. The van der Waals surface area contributed by atoms with Crippen LogP contribution >= 0.6 is 0 Å². The molecule has 1 rings (SSSR count). The molecule has 0 aliphatic heterocycles. The minimum atomic E-state index is -0.898. The van der Waals surface area contributed by atoms with E-state index in [2.05, 4.69) is 12.2 Å². The van der Waals surface area contributed by atoms with E-state index < -0.39 is 18.1 Å². The molecule has 21 heavy (non-hydrogen) atoms. The Morgan fingerprint density at radius 3 is 2.29 bits per heavy atom. The van der Waals surface area contributed by atoms with E-state index in [0.717, 1.165) is 41.6 Å². The van der Waals surface area contributed by atoms with Crippen molar-refractivity contribution in [2.75, 3.05) is 6.54 Å². The van der Waals surface area contributed by atoms with Gasteiger partial charge < -0.3 is 15.5 Å². The minimum absolute atomic E-state index is 0.0857. The number of hydrogen-bond acceptors (Lipinski definition) is 3. The standard InChI is InChI=1S/C17H27NO3/c1-5-6-7-18-14(10-15(19)20)17(21)16-12(3)8-11(2)9-13(16)4/h8-9,14,17-18,21H,5-7,10H2,1-4H3,(H,19,20). The van der Waals surface area contributed by atoms with Crippen molar-refractivity contribution in [1.29, 1.82) is 0 Å². The van der Waals surface area contributed by atoms with E-state index in [0.29, 0.717) is 0 Å². The van der Waals surface area contributed by atoms with Gasteiger partial charge in [-0.3, -0.25) is 4.79 Å². The highest BCUT2D eigenvalue weighted by molar-refractivity contribution is 5.67. The van der Waals surface area contributed by atoms with Crippen molar-refractivity contribution in [1.82, 2.24) is 5.32 Å². The number of hydrogen-bond donors (Lipinski definition) is 3. The van der Waals surface area contributed by atoms with Gasteiger partial charge in [-0.05, 0) is 50.4 Å². The normalized spacial score (nSPS) is 14.0. The second-order valence-electron chi connectivity index (χ2n) is 5.77. The monoisotopic (exact) mass is 293 g/mol. The van der Waals surface area contributed by atoms with E-state index in [9.17, 15) is 9.90 Å². The van der Waals surface area contributed by atoms with Gasteiger partial charge in [0.1, 0.15) is 0 Å². The minimum Gasteiger partial charge on any atom is -0.481 e. The molecule has 3 N–H and O–H groups in total. The van der Waals surface area contributed by atoms with Crippen LogP contribution in [0.2, 0.25) is 0 Å². The molecule has 4 nitrogen and oxygen atoms in total. The fourth-order valence-corrected chi connectivity index (χ4v) is 2.81. The lowest BCUT2D eigenvalue weighted by Crippen LogP contribution is -2.38. The Morgan fingerprint density at radius 1 is 1.24 bits per heavy atom.